The van der Waals surface area contributed by atoms with Gasteiger partial charge in [-0.05, 0) is 39.3 Å². The number of imidazole rings is 1. The van der Waals surface area contributed by atoms with E-state index in [4.69, 9.17) is 17.8 Å². The highest BCUT2D eigenvalue weighted by Gasteiger charge is 2.16. The first-order valence-electron chi connectivity index (χ1n) is 13.3. The van der Waals surface area contributed by atoms with Gasteiger partial charge in [-0.15, -0.1) is 0 Å². The van der Waals surface area contributed by atoms with E-state index in [-0.39, 0.29) is 25.0 Å². The highest BCUT2D eigenvalue weighted by atomic mass is 16.3. The monoisotopic (exact) mass is 338 g/mol. The number of rotatable bonds is 7. The SMILES string of the molecule is [2H]C([2H])([2H])C([2H])([2H])C([2H])([2H])n1cnc2c1c(=O)n(CCCCC(O)(C([2H])([2H])[2H])C([3H])([3H])[3H])c(=O)n2C. The number of aliphatic hydroxyl groups is 1. The van der Waals surface area contributed by atoms with Crippen LogP contribution >= 0.6 is 0 Å². The van der Waals surface area contributed by atoms with Crippen LogP contribution in [0.5, 0.6) is 0 Å². The maximum absolute atomic E-state index is 13.1. The summed E-state index contributed by atoms with van der Waals surface area (Å²) in [5.41, 5.74) is -5.95. The van der Waals surface area contributed by atoms with Crippen LogP contribution in [0.1, 0.15) is 64.0 Å². The van der Waals surface area contributed by atoms with Crippen LogP contribution in [0.2, 0.25) is 0 Å². The normalized spacial score (nSPS) is 25.6. The Kier molecular flexibility index (Phi) is 2.02. The van der Waals surface area contributed by atoms with Crippen LogP contribution in [-0.4, -0.2) is 29.4 Å². The van der Waals surface area contributed by atoms with Crippen LogP contribution in [-0.2, 0) is 20.1 Å². The maximum Gasteiger partial charge on any atom is 0.332 e. The third-order valence-corrected chi connectivity index (χ3v) is 3.38. The summed E-state index contributed by atoms with van der Waals surface area (Å²) in [6.07, 6.45) is -3.80. The average Bonchev–Trinajstić information content (AvgIpc) is 3.15. The number of aromatic nitrogens is 4. The van der Waals surface area contributed by atoms with Gasteiger partial charge in [0.05, 0.1) is 11.9 Å². The summed E-state index contributed by atoms with van der Waals surface area (Å²) in [6.45, 7) is -13.6. The van der Waals surface area contributed by atoms with Gasteiger partial charge in [0.2, 0.25) is 0 Å². The average molecular weight is 338 g/mol. The predicted octanol–water partition coefficient (Wildman–Crippen LogP) is 1.25. The zero-order valence-corrected chi connectivity index (χ0v) is 12.5. The number of unbranched alkanes of at least 4 members (excludes halogenated alkanes) is 1. The van der Waals surface area contributed by atoms with Crippen molar-refractivity contribution in [2.24, 2.45) is 7.05 Å². The lowest BCUT2D eigenvalue weighted by molar-refractivity contribution is 0.0678. The van der Waals surface area contributed by atoms with Crippen LogP contribution in [0.3, 0.4) is 0 Å². The van der Waals surface area contributed by atoms with E-state index in [2.05, 4.69) is 4.98 Å². The van der Waals surface area contributed by atoms with Gasteiger partial charge in [-0.2, -0.15) is 0 Å². The van der Waals surface area contributed by atoms with Gasteiger partial charge < -0.3 is 9.67 Å². The molecule has 2 rings (SSSR count). The van der Waals surface area contributed by atoms with Crippen molar-refractivity contribution in [1.82, 2.24) is 18.7 Å². The van der Waals surface area contributed by atoms with Crippen LogP contribution in [0.15, 0.2) is 15.9 Å². The van der Waals surface area contributed by atoms with Crippen LogP contribution < -0.4 is 11.2 Å². The molecular formula is C16H26N4O3. The molecule has 0 aromatic carbocycles. The van der Waals surface area contributed by atoms with E-state index >= 15 is 0 Å². The smallest absolute Gasteiger partial charge is 0.332 e. The summed E-state index contributed by atoms with van der Waals surface area (Å²) in [5, 5.41) is 10.3. The number of hydrogen-bond acceptors (Lipinski definition) is 4. The number of nitrogens with zero attached hydrogens (tertiary/aromatic N) is 4. The largest absolute Gasteiger partial charge is 0.390 e. The fourth-order valence-electron chi connectivity index (χ4n) is 2.26. The molecule has 2 aromatic rings. The summed E-state index contributed by atoms with van der Waals surface area (Å²) < 4.78 is 100. The molecule has 0 saturated heterocycles. The Morgan fingerprint density at radius 2 is 2.35 bits per heavy atom. The van der Waals surface area contributed by atoms with Crippen molar-refractivity contribution in [3.05, 3.63) is 27.2 Å². The van der Waals surface area contributed by atoms with Gasteiger partial charge >= 0.3 is 5.69 Å². The lowest BCUT2D eigenvalue weighted by atomic mass is 10.0. The molecule has 0 bridgehead atoms. The van der Waals surface area contributed by atoms with Gasteiger partial charge in [0, 0.05) is 37.9 Å². The fraction of sp³-hybridized carbons (Fsp3) is 0.688. The minimum atomic E-state index is -3.46. The number of hydrogen-bond donors (Lipinski definition) is 1. The summed E-state index contributed by atoms with van der Waals surface area (Å²) in [7, 11) is 1.20. The fourth-order valence-corrected chi connectivity index (χ4v) is 2.26. The molecule has 23 heavy (non-hydrogen) atoms. The van der Waals surface area contributed by atoms with E-state index in [0.717, 1.165) is 4.57 Å². The van der Waals surface area contributed by atoms with E-state index < -0.39 is 62.2 Å². The highest BCUT2D eigenvalue weighted by Crippen LogP contribution is 2.12. The standard InChI is InChI=1S/C16H26N4O3/c1-5-9-19-11-17-13-12(19)14(21)20(15(22)18(13)4)10-7-6-8-16(2,3)23/h11,23H,5-10H2,1-4H3/i1D3,2D3,3T3,5D2,9D2. The topological polar surface area (TPSA) is 82.1 Å². The van der Waals surface area contributed by atoms with Crippen molar-refractivity contribution in [1.29, 1.82) is 0 Å². The van der Waals surface area contributed by atoms with E-state index in [0.29, 0.717) is 15.5 Å². The quantitative estimate of drug-likeness (QED) is 0.770. The molecular weight excluding hydrogens is 296 g/mol. The molecule has 0 spiro atoms. The zero-order chi connectivity index (χ0) is 28.3. The van der Waals surface area contributed by atoms with Gasteiger partial charge in [-0.3, -0.25) is 13.9 Å². The van der Waals surface area contributed by atoms with Crippen molar-refractivity contribution in [2.45, 2.75) is 64.8 Å². The molecule has 0 saturated carbocycles. The Morgan fingerprint density at radius 3 is 3.04 bits per heavy atom. The van der Waals surface area contributed by atoms with Crippen LogP contribution in [0.4, 0.5) is 0 Å². The van der Waals surface area contributed by atoms with Crippen LogP contribution in [0, 0.1) is 0 Å². The molecule has 2 heterocycles. The highest BCUT2D eigenvalue weighted by molar-refractivity contribution is 5.69. The van der Waals surface area contributed by atoms with Crippen molar-refractivity contribution in [2.75, 3.05) is 0 Å². The van der Waals surface area contributed by atoms with Crippen molar-refractivity contribution >= 4 is 11.2 Å². The van der Waals surface area contributed by atoms with Gasteiger partial charge in [-0.25, -0.2) is 9.78 Å². The molecule has 1 N–H and O–H groups in total. The van der Waals surface area contributed by atoms with Gasteiger partial charge in [0.25, 0.3) is 5.56 Å². The molecule has 2 aromatic heterocycles. The Bertz CT molecular complexity index is 1220. The molecule has 128 valence electrons. The molecule has 0 amide bonds. The zero-order valence-electron chi connectivity index (χ0n) is 25.5. The third-order valence-electron chi connectivity index (χ3n) is 3.38. The molecule has 0 aliphatic rings. The maximum atomic E-state index is 13.1. The van der Waals surface area contributed by atoms with Crippen molar-refractivity contribution in [3.63, 3.8) is 0 Å². The second-order valence-corrected chi connectivity index (χ2v) is 5.14. The second-order valence-electron chi connectivity index (χ2n) is 5.14. The summed E-state index contributed by atoms with van der Waals surface area (Å²) in [6, 6.07) is 0. The Balaban J connectivity index is 2.50. The molecule has 0 aliphatic carbocycles. The molecule has 0 radical (unpaired) electrons. The molecule has 7 heteroatoms. The molecule has 1 atom stereocenters. The Hall–Kier alpha value is -1.89. The van der Waals surface area contributed by atoms with Crippen molar-refractivity contribution in [3.8, 4) is 0 Å². The van der Waals surface area contributed by atoms with Gasteiger partial charge in [0.15, 0.2) is 11.2 Å². The minimum Gasteiger partial charge on any atom is -0.390 e. The predicted molar refractivity (Wildman–Crippen MR) is 89.7 cm³/mol. The van der Waals surface area contributed by atoms with E-state index in [9.17, 15) is 14.7 Å². The number of aryl methyl sites for hydroxylation is 2. The lowest BCUT2D eigenvalue weighted by Gasteiger charge is -2.16. The second kappa shape index (κ2) is 6.70. The number of fused-ring (bicyclic) bond motifs is 1. The van der Waals surface area contributed by atoms with Crippen molar-refractivity contribution < 1.29 is 22.9 Å². The van der Waals surface area contributed by atoms with E-state index in [1.807, 2.05) is 0 Å². The van der Waals surface area contributed by atoms with E-state index in [1.165, 1.54) is 7.05 Å². The lowest BCUT2D eigenvalue weighted by Crippen LogP contribution is -2.39. The van der Waals surface area contributed by atoms with E-state index in [1.54, 1.807) is 0 Å². The molecule has 7 nitrogen and oxygen atoms in total. The minimum absolute atomic E-state index is 0.133. The van der Waals surface area contributed by atoms with Crippen LogP contribution in [0.25, 0.3) is 11.2 Å². The molecule has 1 unspecified atom stereocenters. The summed E-state index contributed by atoms with van der Waals surface area (Å²) in [5.74, 6) is 0. The Morgan fingerprint density at radius 1 is 1.52 bits per heavy atom. The first-order chi connectivity index (χ1) is 15.9. The van der Waals surface area contributed by atoms with Gasteiger partial charge in [0.1, 0.15) is 0 Å². The third kappa shape index (κ3) is 3.72. The first kappa shape index (κ1) is 6.93. The van der Waals surface area contributed by atoms with Gasteiger partial charge in [-0.1, -0.05) is 6.85 Å². The summed E-state index contributed by atoms with van der Waals surface area (Å²) >= 11 is 0. The first-order valence-corrected chi connectivity index (χ1v) is 6.83. The summed E-state index contributed by atoms with van der Waals surface area (Å²) in [4.78, 5) is 29.7. The molecule has 0 fully saturated rings. The molecule has 0 aliphatic heterocycles. The Labute approximate surface area is 153 Å².